The third-order valence-corrected chi connectivity index (χ3v) is 6.84. The number of rotatable bonds is 11. The van der Waals surface area contributed by atoms with Crippen molar-refractivity contribution in [3.05, 3.63) is 120 Å². The number of carbonyl (C=O) groups excluding carboxylic acids is 1. The van der Waals surface area contributed by atoms with Crippen LogP contribution in [0.4, 0.5) is 0 Å². The van der Waals surface area contributed by atoms with Crippen LogP contribution in [0.3, 0.4) is 0 Å². The van der Waals surface area contributed by atoms with Crippen molar-refractivity contribution >= 4 is 16.9 Å². The molecule has 1 aromatic heterocycles. The fourth-order valence-electron chi connectivity index (χ4n) is 5.00. The second-order valence-electron chi connectivity index (χ2n) is 10.0. The zero-order valence-corrected chi connectivity index (χ0v) is 22.7. The van der Waals surface area contributed by atoms with Crippen molar-refractivity contribution in [2.75, 3.05) is 13.2 Å². The average Bonchev–Trinajstić information content (AvgIpc) is 3.29. The molecule has 39 heavy (non-hydrogen) atoms. The minimum atomic E-state index is 0.0396. The smallest absolute Gasteiger partial charge is 0.224 e. The Balaban J connectivity index is 1.13. The van der Waals surface area contributed by atoms with Crippen LogP contribution in [0.1, 0.15) is 28.9 Å². The molecular weight excluding hydrogens is 482 g/mol. The molecule has 1 heterocycles. The molecule has 0 unspecified atom stereocenters. The van der Waals surface area contributed by atoms with Gasteiger partial charge in [-0.1, -0.05) is 72.8 Å². The Morgan fingerprint density at radius 3 is 2.31 bits per heavy atom. The number of hydrogen-bond donors (Lipinski definition) is 1. The number of amides is 1. The van der Waals surface area contributed by atoms with Gasteiger partial charge in [0, 0.05) is 13.0 Å². The number of fused-ring (bicyclic) bond motifs is 1. The molecule has 0 radical (unpaired) electrons. The van der Waals surface area contributed by atoms with Crippen LogP contribution in [0, 0.1) is 13.8 Å². The number of carbonyl (C=O) groups is 1. The fourth-order valence-corrected chi connectivity index (χ4v) is 5.00. The van der Waals surface area contributed by atoms with Crippen molar-refractivity contribution in [1.29, 1.82) is 0 Å². The van der Waals surface area contributed by atoms with Crippen LogP contribution >= 0.6 is 0 Å². The molecule has 1 N–H and O–H groups in total. The lowest BCUT2D eigenvalue weighted by atomic mass is 10.0. The third-order valence-electron chi connectivity index (χ3n) is 6.84. The van der Waals surface area contributed by atoms with Crippen LogP contribution in [-0.4, -0.2) is 28.6 Å². The predicted molar refractivity (Wildman–Crippen MR) is 158 cm³/mol. The number of nitrogens with one attached hydrogen (secondary N) is 1. The maximum absolute atomic E-state index is 12.6. The third kappa shape index (κ3) is 6.94. The van der Waals surface area contributed by atoms with Crippen molar-refractivity contribution < 1.29 is 9.53 Å². The first-order valence-electron chi connectivity index (χ1n) is 13.6. The second-order valence-corrected chi connectivity index (χ2v) is 10.0. The maximum Gasteiger partial charge on any atom is 0.224 e. The van der Waals surface area contributed by atoms with Crippen LogP contribution in [0.25, 0.3) is 22.2 Å². The van der Waals surface area contributed by atoms with Crippen molar-refractivity contribution in [3.8, 4) is 16.9 Å². The SMILES string of the molecule is Cc1cc(C)cc(OCCn2c(CCCNC(=O)Cc3ccc(-c4ccccc4)cc3)nc3ccccc32)c1. The molecule has 0 aliphatic heterocycles. The van der Waals surface area contributed by atoms with Gasteiger partial charge in [-0.2, -0.15) is 0 Å². The number of imidazole rings is 1. The number of nitrogens with zero attached hydrogens (tertiary/aromatic N) is 2. The van der Waals surface area contributed by atoms with E-state index < -0.39 is 0 Å². The highest BCUT2D eigenvalue weighted by Crippen LogP contribution is 2.21. The van der Waals surface area contributed by atoms with Crippen molar-refractivity contribution in [2.24, 2.45) is 0 Å². The summed E-state index contributed by atoms with van der Waals surface area (Å²) in [5.41, 5.74) is 7.84. The number of benzene rings is 4. The molecule has 5 nitrogen and oxygen atoms in total. The highest BCUT2D eigenvalue weighted by atomic mass is 16.5. The molecule has 0 fully saturated rings. The largest absolute Gasteiger partial charge is 0.492 e. The summed E-state index contributed by atoms with van der Waals surface area (Å²) in [6, 6.07) is 33.0. The van der Waals surface area contributed by atoms with Crippen LogP contribution in [-0.2, 0) is 24.2 Å². The monoisotopic (exact) mass is 517 g/mol. The van der Waals surface area contributed by atoms with Gasteiger partial charge in [-0.3, -0.25) is 4.79 Å². The molecule has 1 amide bonds. The standard InChI is InChI=1S/C34H35N3O2/c1-25-21-26(2)23-30(22-25)39-20-19-37-32-12-7-6-11-31(32)36-33(37)13-8-18-35-34(38)24-27-14-16-29(17-15-27)28-9-4-3-5-10-28/h3-7,9-12,14-17,21-23H,8,13,18-20,24H2,1-2H3,(H,35,38). The van der Waals surface area contributed by atoms with E-state index in [1.165, 1.54) is 16.7 Å². The number of para-hydroxylation sites is 2. The first-order valence-corrected chi connectivity index (χ1v) is 13.6. The summed E-state index contributed by atoms with van der Waals surface area (Å²) in [5, 5.41) is 3.08. The summed E-state index contributed by atoms with van der Waals surface area (Å²) in [4.78, 5) is 17.4. The molecule has 0 saturated carbocycles. The number of aryl methyl sites for hydroxylation is 3. The molecule has 0 aliphatic rings. The summed E-state index contributed by atoms with van der Waals surface area (Å²) >= 11 is 0. The van der Waals surface area contributed by atoms with Crippen molar-refractivity contribution in [3.63, 3.8) is 0 Å². The lowest BCUT2D eigenvalue weighted by Crippen LogP contribution is -2.26. The van der Waals surface area contributed by atoms with E-state index >= 15 is 0 Å². The fraction of sp³-hybridized carbons (Fsp3) is 0.235. The lowest BCUT2D eigenvalue weighted by Gasteiger charge is -2.12. The Bertz CT molecular complexity index is 1520. The molecule has 5 heteroatoms. The maximum atomic E-state index is 12.6. The van der Waals surface area contributed by atoms with Gasteiger partial charge in [0.05, 0.1) is 24.0 Å². The van der Waals surface area contributed by atoms with Crippen LogP contribution < -0.4 is 10.1 Å². The molecule has 0 bridgehead atoms. The van der Waals surface area contributed by atoms with E-state index in [2.05, 4.69) is 72.3 Å². The Hall–Kier alpha value is -4.38. The zero-order chi connectivity index (χ0) is 27.0. The van der Waals surface area contributed by atoms with Gasteiger partial charge in [0.1, 0.15) is 18.2 Å². The van der Waals surface area contributed by atoms with E-state index in [1.807, 2.05) is 48.5 Å². The van der Waals surface area contributed by atoms with Gasteiger partial charge in [0.2, 0.25) is 5.91 Å². The highest BCUT2D eigenvalue weighted by molar-refractivity contribution is 5.79. The second kappa shape index (κ2) is 12.4. The lowest BCUT2D eigenvalue weighted by molar-refractivity contribution is -0.120. The predicted octanol–water partition coefficient (Wildman–Crippen LogP) is 6.69. The topological polar surface area (TPSA) is 56.1 Å². The molecule has 5 rings (SSSR count). The Kier molecular flexibility index (Phi) is 8.37. The average molecular weight is 518 g/mol. The minimum Gasteiger partial charge on any atom is -0.492 e. The number of aromatic nitrogens is 2. The first-order chi connectivity index (χ1) is 19.0. The van der Waals surface area contributed by atoms with E-state index in [-0.39, 0.29) is 5.91 Å². The normalized spacial score (nSPS) is 11.0. The highest BCUT2D eigenvalue weighted by Gasteiger charge is 2.11. The van der Waals surface area contributed by atoms with Gasteiger partial charge >= 0.3 is 0 Å². The Morgan fingerprint density at radius 1 is 0.846 bits per heavy atom. The molecule has 0 aliphatic carbocycles. The zero-order valence-electron chi connectivity index (χ0n) is 22.7. The quantitative estimate of drug-likeness (QED) is 0.199. The molecule has 198 valence electrons. The van der Waals surface area contributed by atoms with Crippen LogP contribution in [0.5, 0.6) is 5.75 Å². The van der Waals surface area contributed by atoms with Crippen LogP contribution in [0.2, 0.25) is 0 Å². The van der Waals surface area contributed by atoms with Crippen LogP contribution in [0.15, 0.2) is 97.1 Å². The molecular formula is C34H35N3O2. The van der Waals surface area contributed by atoms with Gasteiger partial charge in [-0.25, -0.2) is 4.98 Å². The van der Waals surface area contributed by atoms with Gasteiger partial charge in [-0.05, 0) is 72.4 Å². The Labute approximate surface area is 230 Å². The summed E-state index contributed by atoms with van der Waals surface area (Å²) in [6.45, 7) is 6.07. The molecule has 4 aromatic carbocycles. The molecule has 0 saturated heterocycles. The molecule has 0 spiro atoms. The number of hydrogen-bond acceptors (Lipinski definition) is 3. The van der Waals surface area contributed by atoms with Gasteiger partial charge in [0.25, 0.3) is 0 Å². The van der Waals surface area contributed by atoms with Gasteiger partial charge in [0.15, 0.2) is 0 Å². The summed E-state index contributed by atoms with van der Waals surface area (Å²) in [7, 11) is 0. The van der Waals surface area contributed by atoms with E-state index in [1.54, 1.807) is 0 Å². The Morgan fingerprint density at radius 2 is 1.54 bits per heavy atom. The summed E-state index contributed by atoms with van der Waals surface area (Å²) in [6.07, 6.45) is 1.98. The van der Waals surface area contributed by atoms with Crippen molar-refractivity contribution in [2.45, 2.75) is 39.7 Å². The van der Waals surface area contributed by atoms with E-state index in [0.717, 1.165) is 46.6 Å². The summed E-state index contributed by atoms with van der Waals surface area (Å²) < 4.78 is 8.33. The van der Waals surface area contributed by atoms with Gasteiger partial charge < -0.3 is 14.6 Å². The van der Waals surface area contributed by atoms with E-state index in [4.69, 9.17) is 9.72 Å². The molecule has 5 aromatic rings. The van der Waals surface area contributed by atoms with E-state index in [9.17, 15) is 4.79 Å². The minimum absolute atomic E-state index is 0.0396. The summed E-state index contributed by atoms with van der Waals surface area (Å²) in [5.74, 6) is 1.96. The van der Waals surface area contributed by atoms with E-state index in [0.29, 0.717) is 26.1 Å². The first kappa shape index (κ1) is 26.2. The molecule has 0 atom stereocenters. The van der Waals surface area contributed by atoms with Crippen molar-refractivity contribution in [1.82, 2.24) is 14.9 Å². The van der Waals surface area contributed by atoms with Gasteiger partial charge in [-0.15, -0.1) is 0 Å². The number of ether oxygens (including phenoxy) is 1.